The van der Waals surface area contributed by atoms with Gasteiger partial charge in [0.05, 0.1) is 5.92 Å². The van der Waals surface area contributed by atoms with Gasteiger partial charge in [0.1, 0.15) is 5.52 Å². The highest BCUT2D eigenvalue weighted by atomic mass is 16.3. The summed E-state index contributed by atoms with van der Waals surface area (Å²) in [5.41, 5.74) is 1.60. The third-order valence-electron chi connectivity index (χ3n) is 4.34. The minimum atomic E-state index is -0.113. The fourth-order valence-corrected chi connectivity index (χ4v) is 3.08. The molecular formula is C18H23N3O3. The number of para-hydroxylation sites is 2. The van der Waals surface area contributed by atoms with Crippen LogP contribution in [-0.4, -0.2) is 41.3 Å². The number of carbonyl (C=O) groups excluding carboxylic acids is 2. The molecule has 1 N–H and O–H groups in total. The van der Waals surface area contributed by atoms with Crippen molar-refractivity contribution in [1.29, 1.82) is 0 Å². The zero-order valence-corrected chi connectivity index (χ0v) is 14.0. The zero-order valence-electron chi connectivity index (χ0n) is 14.0. The fourth-order valence-electron chi connectivity index (χ4n) is 3.08. The Kier molecular flexibility index (Phi) is 5.13. The number of benzene rings is 1. The lowest BCUT2D eigenvalue weighted by atomic mass is 9.96. The second-order valence-electron chi connectivity index (χ2n) is 6.19. The van der Waals surface area contributed by atoms with Crippen molar-refractivity contribution in [3.63, 3.8) is 0 Å². The highest BCUT2D eigenvalue weighted by molar-refractivity contribution is 5.83. The van der Waals surface area contributed by atoms with E-state index in [-0.39, 0.29) is 17.7 Å². The van der Waals surface area contributed by atoms with Gasteiger partial charge >= 0.3 is 0 Å². The normalized spacial score (nSPS) is 18.1. The smallest absolute Gasteiger partial charge is 0.224 e. The van der Waals surface area contributed by atoms with Crippen LogP contribution in [0.5, 0.6) is 0 Å². The molecule has 0 radical (unpaired) electrons. The van der Waals surface area contributed by atoms with E-state index in [1.54, 1.807) is 4.90 Å². The van der Waals surface area contributed by atoms with Gasteiger partial charge < -0.3 is 14.6 Å². The molecule has 2 amide bonds. The van der Waals surface area contributed by atoms with Crippen LogP contribution >= 0.6 is 0 Å². The maximum Gasteiger partial charge on any atom is 0.224 e. The lowest BCUT2D eigenvalue weighted by Crippen LogP contribution is -2.46. The first-order valence-electron chi connectivity index (χ1n) is 8.57. The average Bonchev–Trinajstić information content (AvgIpc) is 2.99. The zero-order chi connectivity index (χ0) is 16.9. The molecule has 1 aromatic heterocycles. The topological polar surface area (TPSA) is 75.4 Å². The molecular weight excluding hydrogens is 306 g/mol. The predicted octanol–water partition coefficient (Wildman–Crippen LogP) is 2.14. The van der Waals surface area contributed by atoms with Crippen LogP contribution in [0, 0.1) is 5.92 Å². The Morgan fingerprint density at radius 2 is 2.25 bits per heavy atom. The Morgan fingerprint density at radius 1 is 1.42 bits per heavy atom. The minimum Gasteiger partial charge on any atom is -0.441 e. The van der Waals surface area contributed by atoms with Gasteiger partial charge in [-0.1, -0.05) is 19.1 Å². The molecule has 1 aliphatic rings. The number of aromatic nitrogens is 1. The van der Waals surface area contributed by atoms with Crippen molar-refractivity contribution in [2.75, 3.05) is 19.6 Å². The highest BCUT2D eigenvalue weighted by Crippen LogP contribution is 2.18. The van der Waals surface area contributed by atoms with Gasteiger partial charge in [0, 0.05) is 32.5 Å². The van der Waals surface area contributed by atoms with Crippen molar-refractivity contribution in [3.8, 4) is 0 Å². The van der Waals surface area contributed by atoms with Crippen molar-refractivity contribution in [2.45, 2.75) is 32.6 Å². The average molecular weight is 329 g/mol. The first-order valence-corrected chi connectivity index (χ1v) is 8.57. The number of likely N-dealkylation sites (tertiary alicyclic amines) is 1. The Bertz CT molecular complexity index is 692. The summed E-state index contributed by atoms with van der Waals surface area (Å²) in [4.78, 5) is 30.3. The first-order chi connectivity index (χ1) is 11.7. The molecule has 6 heteroatoms. The molecule has 3 rings (SSSR count). The molecule has 2 heterocycles. The van der Waals surface area contributed by atoms with Crippen molar-refractivity contribution in [2.24, 2.45) is 5.92 Å². The highest BCUT2D eigenvalue weighted by Gasteiger charge is 2.29. The van der Waals surface area contributed by atoms with Crippen LogP contribution in [0.2, 0.25) is 0 Å². The van der Waals surface area contributed by atoms with E-state index in [1.807, 2.05) is 31.2 Å². The monoisotopic (exact) mass is 329 g/mol. The molecule has 1 saturated heterocycles. The standard InChI is InChI=1S/C18H23N3O3/c1-2-11-21-12-13(7-8-17(21)22)18(23)19-10-9-16-20-14-5-3-4-6-15(14)24-16/h3-6,13H,2,7-12H2,1H3,(H,19,23)/t13-/m1/s1. The summed E-state index contributed by atoms with van der Waals surface area (Å²) in [6.07, 6.45) is 2.57. The number of oxazole rings is 1. The van der Waals surface area contributed by atoms with E-state index >= 15 is 0 Å². The number of nitrogens with zero attached hydrogens (tertiary/aromatic N) is 2. The number of amides is 2. The van der Waals surface area contributed by atoms with E-state index in [1.165, 1.54) is 0 Å². The van der Waals surface area contributed by atoms with Gasteiger partial charge in [0.15, 0.2) is 11.5 Å². The van der Waals surface area contributed by atoms with Gasteiger partial charge in [-0.25, -0.2) is 4.98 Å². The molecule has 0 bridgehead atoms. The van der Waals surface area contributed by atoms with E-state index in [4.69, 9.17) is 4.42 Å². The van der Waals surface area contributed by atoms with E-state index in [0.717, 1.165) is 24.1 Å². The molecule has 1 atom stereocenters. The third kappa shape index (κ3) is 3.75. The van der Waals surface area contributed by atoms with Crippen LogP contribution in [0.4, 0.5) is 0 Å². The van der Waals surface area contributed by atoms with Crippen LogP contribution in [0.3, 0.4) is 0 Å². The van der Waals surface area contributed by atoms with Gasteiger partial charge in [-0.3, -0.25) is 9.59 Å². The Morgan fingerprint density at radius 3 is 3.04 bits per heavy atom. The van der Waals surface area contributed by atoms with Crippen LogP contribution in [0.25, 0.3) is 11.1 Å². The lowest BCUT2D eigenvalue weighted by molar-refractivity contribution is -0.138. The molecule has 2 aromatic rings. The predicted molar refractivity (Wildman–Crippen MR) is 90.3 cm³/mol. The molecule has 0 aliphatic carbocycles. The molecule has 6 nitrogen and oxygen atoms in total. The summed E-state index contributed by atoms with van der Waals surface area (Å²) in [6.45, 7) is 3.79. The van der Waals surface area contributed by atoms with Crippen LogP contribution in [0.15, 0.2) is 28.7 Å². The molecule has 0 saturated carbocycles. The lowest BCUT2D eigenvalue weighted by Gasteiger charge is -2.31. The van der Waals surface area contributed by atoms with E-state index < -0.39 is 0 Å². The molecule has 1 fully saturated rings. The van der Waals surface area contributed by atoms with Crippen molar-refractivity contribution < 1.29 is 14.0 Å². The first kappa shape index (κ1) is 16.5. The number of hydrogen-bond donors (Lipinski definition) is 1. The summed E-state index contributed by atoms with van der Waals surface area (Å²) in [5.74, 6) is 0.688. The number of fused-ring (bicyclic) bond motifs is 1. The molecule has 1 aliphatic heterocycles. The van der Waals surface area contributed by atoms with Gasteiger partial charge in [-0.2, -0.15) is 0 Å². The number of carbonyl (C=O) groups is 2. The Hall–Kier alpha value is -2.37. The Labute approximate surface area is 141 Å². The fraction of sp³-hybridized carbons (Fsp3) is 0.500. The number of rotatable bonds is 6. The molecule has 128 valence electrons. The summed E-state index contributed by atoms with van der Waals surface area (Å²) in [7, 11) is 0. The molecule has 1 aromatic carbocycles. The van der Waals surface area contributed by atoms with Gasteiger partial charge in [0.25, 0.3) is 0 Å². The summed E-state index contributed by atoms with van der Waals surface area (Å²) < 4.78 is 5.64. The van der Waals surface area contributed by atoms with E-state index in [0.29, 0.717) is 38.2 Å². The van der Waals surface area contributed by atoms with Crippen molar-refractivity contribution in [1.82, 2.24) is 15.2 Å². The third-order valence-corrected chi connectivity index (χ3v) is 4.34. The summed E-state index contributed by atoms with van der Waals surface area (Å²) in [6, 6.07) is 7.61. The second kappa shape index (κ2) is 7.47. The van der Waals surface area contributed by atoms with Crippen molar-refractivity contribution in [3.05, 3.63) is 30.2 Å². The Balaban J connectivity index is 1.49. The van der Waals surface area contributed by atoms with E-state index in [9.17, 15) is 9.59 Å². The summed E-state index contributed by atoms with van der Waals surface area (Å²) in [5, 5.41) is 2.95. The van der Waals surface area contributed by atoms with Crippen LogP contribution in [0.1, 0.15) is 32.1 Å². The molecule has 0 unspecified atom stereocenters. The number of nitrogens with one attached hydrogen (secondary N) is 1. The van der Waals surface area contributed by atoms with Crippen LogP contribution < -0.4 is 5.32 Å². The summed E-state index contributed by atoms with van der Waals surface area (Å²) >= 11 is 0. The quantitative estimate of drug-likeness (QED) is 0.881. The second-order valence-corrected chi connectivity index (χ2v) is 6.19. The van der Waals surface area contributed by atoms with E-state index in [2.05, 4.69) is 10.3 Å². The SMILES string of the molecule is CCCN1C[C@H](C(=O)NCCc2nc3ccccc3o2)CCC1=O. The minimum absolute atomic E-state index is 0.0136. The largest absolute Gasteiger partial charge is 0.441 e. The van der Waals surface area contributed by atoms with Gasteiger partial charge in [-0.15, -0.1) is 0 Å². The van der Waals surface area contributed by atoms with Gasteiger partial charge in [0.2, 0.25) is 11.8 Å². The van der Waals surface area contributed by atoms with Crippen molar-refractivity contribution >= 4 is 22.9 Å². The maximum atomic E-state index is 12.3. The van der Waals surface area contributed by atoms with Crippen LogP contribution in [-0.2, 0) is 16.0 Å². The number of hydrogen-bond acceptors (Lipinski definition) is 4. The molecule has 24 heavy (non-hydrogen) atoms. The molecule has 0 spiro atoms. The maximum absolute atomic E-state index is 12.3. The van der Waals surface area contributed by atoms with Gasteiger partial charge in [-0.05, 0) is 25.0 Å². The number of piperidine rings is 1.